The number of nitrogens with zero attached hydrogens (tertiary/aromatic N) is 2. The van der Waals surface area contributed by atoms with Crippen molar-refractivity contribution < 1.29 is 14.6 Å². The lowest BCUT2D eigenvalue weighted by atomic mass is 9.97. The van der Waals surface area contributed by atoms with Crippen molar-refractivity contribution >= 4 is 6.09 Å². The standard InChI is InChI=1S/C24H30N2O4/c1-16(25-13-12-21(30-23(25)28)14-24(2,3)29)17-4-6-18(7-5-17)19-8-11-22(27)26(15-19)20-9-10-20/h4-8,11,15-16,20-21,29H,9-10,12-14H2,1-3H3. The monoisotopic (exact) mass is 410 g/mol. The van der Waals surface area contributed by atoms with Gasteiger partial charge in [-0.2, -0.15) is 0 Å². The van der Waals surface area contributed by atoms with E-state index in [1.165, 1.54) is 0 Å². The zero-order chi connectivity index (χ0) is 21.5. The first-order chi connectivity index (χ1) is 14.2. The molecule has 30 heavy (non-hydrogen) atoms. The summed E-state index contributed by atoms with van der Waals surface area (Å²) in [6.07, 6.45) is 4.67. The van der Waals surface area contributed by atoms with Gasteiger partial charge in [0.25, 0.3) is 5.56 Å². The molecular formula is C24H30N2O4. The summed E-state index contributed by atoms with van der Waals surface area (Å²) in [4.78, 5) is 26.3. The van der Waals surface area contributed by atoms with Gasteiger partial charge in [-0.3, -0.25) is 4.79 Å². The van der Waals surface area contributed by atoms with Crippen molar-refractivity contribution in [2.24, 2.45) is 0 Å². The molecule has 2 unspecified atom stereocenters. The molecule has 160 valence electrons. The smallest absolute Gasteiger partial charge is 0.410 e. The summed E-state index contributed by atoms with van der Waals surface area (Å²) in [5.41, 5.74) is 2.31. The van der Waals surface area contributed by atoms with Crippen LogP contribution < -0.4 is 5.56 Å². The first-order valence-electron chi connectivity index (χ1n) is 10.7. The van der Waals surface area contributed by atoms with Crippen LogP contribution in [0.3, 0.4) is 0 Å². The predicted octanol–water partition coefficient (Wildman–Crippen LogP) is 4.28. The van der Waals surface area contributed by atoms with Gasteiger partial charge in [-0.25, -0.2) is 4.79 Å². The van der Waals surface area contributed by atoms with Crippen molar-refractivity contribution in [1.82, 2.24) is 9.47 Å². The third-order valence-electron chi connectivity index (χ3n) is 5.99. The lowest BCUT2D eigenvalue weighted by Crippen LogP contribution is -2.45. The second kappa shape index (κ2) is 7.91. The van der Waals surface area contributed by atoms with E-state index in [1.54, 1.807) is 24.8 Å². The number of pyridine rings is 1. The molecule has 2 aromatic rings. The van der Waals surface area contributed by atoms with Crippen LogP contribution in [0.5, 0.6) is 0 Å². The number of aliphatic hydroxyl groups is 1. The summed E-state index contributed by atoms with van der Waals surface area (Å²) in [5.74, 6) is 0. The van der Waals surface area contributed by atoms with Gasteiger partial charge in [-0.1, -0.05) is 24.3 Å². The van der Waals surface area contributed by atoms with Crippen molar-refractivity contribution in [1.29, 1.82) is 0 Å². The molecule has 1 aliphatic heterocycles. The van der Waals surface area contributed by atoms with Crippen molar-refractivity contribution in [2.75, 3.05) is 6.54 Å². The van der Waals surface area contributed by atoms with Gasteiger partial charge in [0.1, 0.15) is 6.10 Å². The van der Waals surface area contributed by atoms with Gasteiger partial charge in [-0.05, 0) is 56.4 Å². The molecular weight excluding hydrogens is 380 g/mol. The van der Waals surface area contributed by atoms with Gasteiger partial charge < -0.3 is 19.3 Å². The van der Waals surface area contributed by atoms with Gasteiger partial charge in [0.2, 0.25) is 0 Å². The van der Waals surface area contributed by atoms with Crippen molar-refractivity contribution in [3.05, 3.63) is 58.5 Å². The van der Waals surface area contributed by atoms with Crippen molar-refractivity contribution in [2.45, 2.75) is 70.2 Å². The molecule has 1 N–H and O–H groups in total. The zero-order valence-corrected chi connectivity index (χ0v) is 17.9. The van der Waals surface area contributed by atoms with Gasteiger partial charge in [0.15, 0.2) is 0 Å². The molecule has 2 atom stereocenters. The quantitative estimate of drug-likeness (QED) is 0.771. The summed E-state index contributed by atoms with van der Waals surface area (Å²) in [6, 6.07) is 11.9. The number of hydrogen-bond donors (Lipinski definition) is 1. The largest absolute Gasteiger partial charge is 0.446 e. The summed E-state index contributed by atoms with van der Waals surface area (Å²) in [5, 5.41) is 9.97. The van der Waals surface area contributed by atoms with Crippen molar-refractivity contribution in [3.63, 3.8) is 0 Å². The lowest BCUT2D eigenvalue weighted by Gasteiger charge is -2.37. The first-order valence-corrected chi connectivity index (χ1v) is 10.7. The Bertz CT molecular complexity index is 970. The number of cyclic esters (lactones) is 1. The molecule has 2 heterocycles. The van der Waals surface area contributed by atoms with E-state index >= 15 is 0 Å². The fourth-order valence-electron chi connectivity index (χ4n) is 4.14. The summed E-state index contributed by atoms with van der Waals surface area (Å²) in [7, 11) is 0. The van der Waals surface area contributed by atoms with E-state index in [2.05, 4.69) is 0 Å². The normalized spacial score (nSPS) is 20.7. The van der Waals surface area contributed by atoms with E-state index in [0.29, 0.717) is 25.4 Å². The van der Waals surface area contributed by atoms with E-state index in [1.807, 2.05) is 48.0 Å². The van der Waals surface area contributed by atoms with E-state index < -0.39 is 5.60 Å². The third-order valence-corrected chi connectivity index (χ3v) is 5.99. The van der Waals surface area contributed by atoms with Crippen LogP contribution in [-0.4, -0.2) is 38.9 Å². The number of carbonyl (C=O) groups excluding carboxylic acids is 1. The Balaban J connectivity index is 1.45. The molecule has 2 aliphatic rings. The Morgan fingerprint density at radius 1 is 1.07 bits per heavy atom. The number of carbonyl (C=O) groups is 1. The maximum Gasteiger partial charge on any atom is 0.410 e. The molecule has 1 saturated heterocycles. The highest BCUT2D eigenvalue weighted by Crippen LogP contribution is 2.34. The molecule has 1 amide bonds. The Labute approximate surface area is 177 Å². The highest BCUT2D eigenvalue weighted by Gasteiger charge is 2.33. The molecule has 1 aromatic carbocycles. The van der Waals surface area contributed by atoms with Gasteiger partial charge >= 0.3 is 6.09 Å². The van der Waals surface area contributed by atoms with E-state index in [9.17, 15) is 14.7 Å². The Kier molecular flexibility index (Phi) is 5.45. The molecule has 1 aliphatic carbocycles. The van der Waals surface area contributed by atoms with Gasteiger partial charge in [0, 0.05) is 37.7 Å². The average molecular weight is 411 g/mol. The molecule has 0 radical (unpaired) electrons. The Morgan fingerprint density at radius 3 is 2.33 bits per heavy atom. The number of benzene rings is 1. The first kappa shape index (κ1) is 20.7. The molecule has 0 spiro atoms. The van der Waals surface area contributed by atoms with Gasteiger partial charge in [0.05, 0.1) is 11.6 Å². The van der Waals surface area contributed by atoms with E-state index in [-0.39, 0.29) is 23.8 Å². The Morgan fingerprint density at radius 2 is 1.73 bits per heavy atom. The molecule has 6 nitrogen and oxygen atoms in total. The summed E-state index contributed by atoms with van der Waals surface area (Å²) >= 11 is 0. The minimum Gasteiger partial charge on any atom is -0.446 e. The van der Waals surface area contributed by atoms with Crippen LogP contribution in [0.15, 0.2) is 47.4 Å². The molecule has 1 aromatic heterocycles. The average Bonchev–Trinajstić information content (AvgIpc) is 3.52. The van der Waals surface area contributed by atoms with Crippen LogP contribution in [0.25, 0.3) is 11.1 Å². The van der Waals surface area contributed by atoms with Crippen LogP contribution in [0.2, 0.25) is 0 Å². The van der Waals surface area contributed by atoms with E-state index in [4.69, 9.17) is 4.74 Å². The molecule has 1 saturated carbocycles. The summed E-state index contributed by atoms with van der Waals surface area (Å²) < 4.78 is 7.39. The zero-order valence-electron chi connectivity index (χ0n) is 17.9. The van der Waals surface area contributed by atoms with Crippen LogP contribution in [-0.2, 0) is 4.74 Å². The minimum absolute atomic E-state index is 0.0537. The fraction of sp³-hybridized carbons (Fsp3) is 0.500. The number of amides is 1. The lowest BCUT2D eigenvalue weighted by molar-refractivity contribution is -0.0309. The second-order valence-corrected chi connectivity index (χ2v) is 9.20. The highest BCUT2D eigenvalue weighted by atomic mass is 16.6. The predicted molar refractivity (Wildman–Crippen MR) is 115 cm³/mol. The third kappa shape index (κ3) is 4.59. The molecule has 0 bridgehead atoms. The van der Waals surface area contributed by atoms with Crippen LogP contribution in [0.1, 0.15) is 64.1 Å². The van der Waals surface area contributed by atoms with Crippen LogP contribution in [0, 0.1) is 0 Å². The Hall–Kier alpha value is -2.60. The van der Waals surface area contributed by atoms with Crippen LogP contribution >= 0.6 is 0 Å². The minimum atomic E-state index is -0.851. The number of rotatable bonds is 6. The highest BCUT2D eigenvalue weighted by molar-refractivity contribution is 5.69. The molecule has 2 fully saturated rings. The fourth-order valence-corrected chi connectivity index (χ4v) is 4.14. The summed E-state index contributed by atoms with van der Waals surface area (Å²) in [6.45, 7) is 6.07. The maximum absolute atomic E-state index is 12.5. The second-order valence-electron chi connectivity index (χ2n) is 9.20. The SMILES string of the molecule is CC(c1ccc(-c2ccc(=O)n(C3CC3)c2)cc1)N1CCC(CC(C)(C)O)OC1=O. The van der Waals surface area contributed by atoms with Gasteiger partial charge in [-0.15, -0.1) is 0 Å². The molecule has 6 heteroatoms. The maximum atomic E-state index is 12.5. The van der Waals surface area contributed by atoms with E-state index in [0.717, 1.165) is 29.5 Å². The number of hydrogen-bond acceptors (Lipinski definition) is 4. The number of aromatic nitrogens is 1. The number of ether oxygens (including phenoxy) is 1. The van der Waals surface area contributed by atoms with Crippen LogP contribution in [0.4, 0.5) is 4.79 Å². The molecule has 4 rings (SSSR count). The van der Waals surface area contributed by atoms with Crippen molar-refractivity contribution in [3.8, 4) is 11.1 Å². The topological polar surface area (TPSA) is 71.8 Å².